The summed E-state index contributed by atoms with van der Waals surface area (Å²) in [4.78, 5) is 19.1. The number of carbonyl (C=O) groups excluding carboxylic acids is 1. The molecule has 3 rings (SSSR count). The third-order valence-electron chi connectivity index (χ3n) is 3.73. The van der Waals surface area contributed by atoms with Crippen molar-refractivity contribution in [3.63, 3.8) is 0 Å². The second kappa shape index (κ2) is 7.72. The van der Waals surface area contributed by atoms with Crippen LogP contribution in [-0.4, -0.2) is 24.3 Å². The van der Waals surface area contributed by atoms with Gasteiger partial charge in [-0.2, -0.15) is 0 Å². The highest BCUT2D eigenvalue weighted by molar-refractivity contribution is 7.98. The minimum absolute atomic E-state index is 0.150. The lowest BCUT2D eigenvalue weighted by Gasteiger charge is -2.03. The largest absolute Gasteiger partial charge is 0.497 e. The summed E-state index contributed by atoms with van der Waals surface area (Å²) >= 11 is 3.12. The Kier molecular flexibility index (Phi) is 5.40. The molecule has 0 aliphatic heterocycles. The van der Waals surface area contributed by atoms with E-state index in [1.54, 1.807) is 18.9 Å². The van der Waals surface area contributed by atoms with Gasteiger partial charge in [0.05, 0.1) is 12.8 Å². The number of thioether (sulfide) groups is 1. The van der Waals surface area contributed by atoms with Crippen molar-refractivity contribution in [2.75, 3.05) is 18.7 Å². The van der Waals surface area contributed by atoms with Gasteiger partial charge in [-0.05, 0) is 61.7 Å². The van der Waals surface area contributed by atoms with Crippen LogP contribution in [0.1, 0.15) is 15.2 Å². The molecule has 2 aromatic carbocycles. The summed E-state index contributed by atoms with van der Waals surface area (Å²) < 4.78 is 5.18. The minimum atomic E-state index is -0.150. The Morgan fingerprint density at radius 2 is 1.80 bits per heavy atom. The van der Waals surface area contributed by atoms with Gasteiger partial charge in [0.15, 0.2) is 5.13 Å². The Labute approximate surface area is 155 Å². The van der Waals surface area contributed by atoms with E-state index in [0.29, 0.717) is 10.7 Å². The van der Waals surface area contributed by atoms with Gasteiger partial charge in [0.25, 0.3) is 5.91 Å². The van der Waals surface area contributed by atoms with Crippen molar-refractivity contribution in [1.29, 1.82) is 0 Å². The summed E-state index contributed by atoms with van der Waals surface area (Å²) in [5.41, 5.74) is 2.50. The Morgan fingerprint density at radius 3 is 2.40 bits per heavy atom. The fourth-order valence-corrected chi connectivity index (χ4v) is 3.62. The van der Waals surface area contributed by atoms with Crippen LogP contribution in [-0.2, 0) is 0 Å². The van der Waals surface area contributed by atoms with Crippen LogP contribution in [0, 0.1) is 6.92 Å². The van der Waals surface area contributed by atoms with E-state index in [1.165, 1.54) is 11.3 Å². The number of carbonyl (C=O) groups is 1. The van der Waals surface area contributed by atoms with Gasteiger partial charge in [-0.25, -0.2) is 4.98 Å². The fraction of sp³-hybridized carbons (Fsp3) is 0.158. The second-order valence-corrected chi connectivity index (χ2v) is 7.42. The van der Waals surface area contributed by atoms with Gasteiger partial charge < -0.3 is 4.74 Å². The molecule has 128 valence electrons. The number of anilines is 1. The number of aromatic nitrogens is 1. The van der Waals surface area contributed by atoms with Crippen molar-refractivity contribution in [3.05, 3.63) is 59.0 Å². The number of rotatable bonds is 5. The summed E-state index contributed by atoms with van der Waals surface area (Å²) in [6.45, 7) is 2.00. The number of nitrogens with one attached hydrogen (secondary N) is 1. The van der Waals surface area contributed by atoms with E-state index < -0.39 is 0 Å². The minimum Gasteiger partial charge on any atom is -0.497 e. The molecule has 1 aromatic heterocycles. The summed E-state index contributed by atoms with van der Waals surface area (Å²) in [6, 6.07) is 15.3. The molecule has 0 fully saturated rings. The van der Waals surface area contributed by atoms with Crippen LogP contribution in [0.2, 0.25) is 0 Å². The van der Waals surface area contributed by atoms with Crippen LogP contribution in [0.25, 0.3) is 11.3 Å². The summed E-state index contributed by atoms with van der Waals surface area (Å²) in [5, 5.41) is 3.49. The predicted octanol–water partition coefficient (Wildman–Crippen LogP) is 5.10. The molecular formula is C19H18N2O2S2. The lowest BCUT2D eigenvalue weighted by atomic mass is 10.1. The van der Waals surface area contributed by atoms with Crippen molar-refractivity contribution in [1.82, 2.24) is 4.98 Å². The predicted molar refractivity (Wildman–Crippen MR) is 105 cm³/mol. The monoisotopic (exact) mass is 370 g/mol. The summed E-state index contributed by atoms with van der Waals surface area (Å²) in [7, 11) is 1.64. The van der Waals surface area contributed by atoms with Crippen LogP contribution in [0.15, 0.2) is 53.4 Å². The molecule has 4 nitrogen and oxygen atoms in total. The topological polar surface area (TPSA) is 51.2 Å². The SMILES string of the molecule is COc1ccc(-c2nc(NC(=O)c3ccc(SC)cc3)sc2C)cc1. The lowest BCUT2D eigenvalue weighted by molar-refractivity contribution is 0.102. The third-order valence-corrected chi connectivity index (χ3v) is 5.36. The van der Waals surface area contributed by atoms with Crippen LogP contribution >= 0.6 is 23.1 Å². The molecule has 0 atom stereocenters. The van der Waals surface area contributed by atoms with Gasteiger partial charge >= 0.3 is 0 Å². The van der Waals surface area contributed by atoms with Crippen LogP contribution < -0.4 is 10.1 Å². The molecular weight excluding hydrogens is 352 g/mol. The van der Waals surface area contributed by atoms with Gasteiger partial charge in [0.1, 0.15) is 5.75 Å². The molecule has 0 aliphatic carbocycles. The molecule has 1 N–H and O–H groups in total. The van der Waals surface area contributed by atoms with E-state index in [-0.39, 0.29) is 5.91 Å². The molecule has 0 bridgehead atoms. The number of amides is 1. The number of benzene rings is 2. The van der Waals surface area contributed by atoms with Crippen molar-refractivity contribution >= 4 is 34.1 Å². The lowest BCUT2D eigenvalue weighted by Crippen LogP contribution is -2.11. The molecule has 1 heterocycles. The van der Waals surface area contributed by atoms with Gasteiger partial charge in [0, 0.05) is 20.9 Å². The number of ether oxygens (including phenoxy) is 1. The zero-order valence-corrected chi connectivity index (χ0v) is 15.8. The van der Waals surface area contributed by atoms with Crippen LogP contribution in [0.4, 0.5) is 5.13 Å². The molecule has 0 saturated carbocycles. The number of nitrogens with zero attached hydrogens (tertiary/aromatic N) is 1. The normalized spacial score (nSPS) is 10.5. The average Bonchev–Trinajstić information content (AvgIpc) is 3.02. The van der Waals surface area contributed by atoms with Gasteiger partial charge in [-0.15, -0.1) is 23.1 Å². The number of hydrogen-bond donors (Lipinski definition) is 1. The number of hydrogen-bond acceptors (Lipinski definition) is 5. The van der Waals surface area contributed by atoms with E-state index in [0.717, 1.165) is 26.8 Å². The van der Waals surface area contributed by atoms with Gasteiger partial charge in [0.2, 0.25) is 0 Å². The highest BCUT2D eigenvalue weighted by Gasteiger charge is 2.13. The molecule has 6 heteroatoms. The second-order valence-electron chi connectivity index (χ2n) is 5.33. The standard InChI is InChI=1S/C19H18N2O2S2/c1-12-17(13-4-8-15(23-2)9-5-13)20-19(25-12)21-18(22)14-6-10-16(24-3)11-7-14/h4-11H,1-3H3,(H,20,21,22). The highest BCUT2D eigenvalue weighted by atomic mass is 32.2. The van der Waals surface area contributed by atoms with Crippen molar-refractivity contribution in [2.24, 2.45) is 0 Å². The maximum Gasteiger partial charge on any atom is 0.257 e. The smallest absolute Gasteiger partial charge is 0.257 e. The zero-order chi connectivity index (χ0) is 17.8. The first kappa shape index (κ1) is 17.5. The van der Waals surface area contributed by atoms with Gasteiger partial charge in [-0.3, -0.25) is 10.1 Å². The Bertz CT molecular complexity index is 871. The van der Waals surface area contributed by atoms with E-state index in [2.05, 4.69) is 10.3 Å². The van der Waals surface area contributed by atoms with Gasteiger partial charge in [-0.1, -0.05) is 0 Å². The van der Waals surface area contributed by atoms with Crippen LogP contribution in [0.3, 0.4) is 0 Å². The number of methoxy groups -OCH3 is 1. The molecule has 0 saturated heterocycles. The van der Waals surface area contributed by atoms with Crippen LogP contribution in [0.5, 0.6) is 5.75 Å². The first-order valence-corrected chi connectivity index (χ1v) is 9.72. The van der Waals surface area contributed by atoms with E-state index in [9.17, 15) is 4.79 Å². The van der Waals surface area contributed by atoms with Crippen molar-refractivity contribution in [2.45, 2.75) is 11.8 Å². The molecule has 0 spiro atoms. The molecule has 0 unspecified atom stereocenters. The Balaban J connectivity index is 1.78. The number of thiazole rings is 1. The Hall–Kier alpha value is -2.31. The average molecular weight is 370 g/mol. The first-order valence-electron chi connectivity index (χ1n) is 7.68. The highest BCUT2D eigenvalue weighted by Crippen LogP contribution is 2.31. The molecule has 25 heavy (non-hydrogen) atoms. The maximum absolute atomic E-state index is 12.4. The summed E-state index contributed by atoms with van der Waals surface area (Å²) in [6.07, 6.45) is 2.01. The molecule has 0 aliphatic rings. The van der Waals surface area contributed by atoms with Crippen molar-refractivity contribution in [3.8, 4) is 17.0 Å². The van der Waals surface area contributed by atoms with E-state index in [1.807, 2.05) is 61.7 Å². The number of aryl methyl sites for hydroxylation is 1. The first-order chi connectivity index (χ1) is 12.1. The molecule has 3 aromatic rings. The molecule has 0 radical (unpaired) electrons. The van der Waals surface area contributed by atoms with Crippen molar-refractivity contribution < 1.29 is 9.53 Å². The molecule has 1 amide bonds. The van der Waals surface area contributed by atoms with E-state index >= 15 is 0 Å². The quantitative estimate of drug-likeness (QED) is 0.635. The van der Waals surface area contributed by atoms with E-state index in [4.69, 9.17) is 4.74 Å². The zero-order valence-electron chi connectivity index (χ0n) is 14.2. The summed E-state index contributed by atoms with van der Waals surface area (Å²) in [5.74, 6) is 0.654. The third kappa shape index (κ3) is 4.03. The fourth-order valence-electron chi connectivity index (χ4n) is 2.38. The Morgan fingerprint density at radius 1 is 1.12 bits per heavy atom. The maximum atomic E-state index is 12.4.